The van der Waals surface area contributed by atoms with E-state index in [0.29, 0.717) is 13.1 Å². The summed E-state index contributed by atoms with van der Waals surface area (Å²) in [6, 6.07) is 6.91. The lowest BCUT2D eigenvalue weighted by atomic mass is 9.75. The molecule has 4 nitrogen and oxygen atoms in total. The molecule has 138 valence electrons. The fraction of sp³-hybridized carbons (Fsp3) is 0.667. The topological polar surface area (TPSA) is 55.6 Å². The Bertz CT molecular complexity index is 635. The van der Waals surface area contributed by atoms with Crippen molar-refractivity contribution in [1.29, 1.82) is 0 Å². The number of ether oxygens (including phenoxy) is 1. The largest absolute Gasteiger partial charge is 0.444 e. The van der Waals surface area contributed by atoms with Crippen molar-refractivity contribution in [1.82, 2.24) is 4.90 Å². The molecule has 0 radical (unpaired) electrons. The van der Waals surface area contributed by atoms with Crippen molar-refractivity contribution in [3.05, 3.63) is 34.9 Å². The van der Waals surface area contributed by atoms with Crippen LogP contribution in [-0.4, -0.2) is 36.2 Å². The highest BCUT2D eigenvalue weighted by Crippen LogP contribution is 2.34. The highest BCUT2D eigenvalue weighted by atomic mass is 16.6. The van der Waals surface area contributed by atoms with E-state index in [0.717, 1.165) is 25.8 Å². The zero-order chi connectivity index (χ0) is 18.1. The van der Waals surface area contributed by atoms with Crippen molar-refractivity contribution in [2.24, 2.45) is 11.1 Å². The second-order valence-electron chi connectivity index (χ2n) is 8.84. The maximum atomic E-state index is 12.5. The Morgan fingerprint density at radius 2 is 2.00 bits per heavy atom. The maximum Gasteiger partial charge on any atom is 0.410 e. The minimum absolute atomic E-state index is 0.0397. The summed E-state index contributed by atoms with van der Waals surface area (Å²) < 4.78 is 5.57. The molecule has 3 rings (SSSR count). The van der Waals surface area contributed by atoms with Crippen LogP contribution in [0.3, 0.4) is 0 Å². The smallest absolute Gasteiger partial charge is 0.410 e. The number of amides is 1. The number of hydrogen-bond donors (Lipinski definition) is 1. The average molecular weight is 344 g/mol. The van der Waals surface area contributed by atoms with E-state index >= 15 is 0 Å². The maximum absolute atomic E-state index is 12.5. The zero-order valence-corrected chi connectivity index (χ0v) is 15.9. The normalized spacial score (nSPS) is 23.4. The molecule has 25 heavy (non-hydrogen) atoms. The Hall–Kier alpha value is -1.55. The quantitative estimate of drug-likeness (QED) is 0.910. The van der Waals surface area contributed by atoms with Gasteiger partial charge in [-0.25, -0.2) is 4.79 Å². The van der Waals surface area contributed by atoms with Gasteiger partial charge in [-0.1, -0.05) is 18.2 Å². The lowest BCUT2D eigenvalue weighted by Gasteiger charge is -2.42. The fourth-order valence-electron chi connectivity index (χ4n) is 4.24. The van der Waals surface area contributed by atoms with E-state index in [-0.39, 0.29) is 11.5 Å². The van der Waals surface area contributed by atoms with Gasteiger partial charge in [0.15, 0.2) is 0 Å². The molecular weight excluding hydrogens is 312 g/mol. The van der Waals surface area contributed by atoms with E-state index in [1.54, 1.807) is 0 Å². The van der Waals surface area contributed by atoms with Crippen LogP contribution in [0.1, 0.15) is 56.7 Å². The Morgan fingerprint density at radius 3 is 2.72 bits per heavy atom. The van der Waals surface area contributed by atoms with E-state index in [2.05, 4.69) is 18.2 Å². The molecule has 0 aromatic heterocycles. The van der Waals surface area contributed by atoms with Crippen molar-refractivity contribution in [3.8, 4) is 0 Å². The second-order valence-corrected chi connectivity index (χ2v) is 8.84. The Balaban J connectivity index is 1.72. The number of fused-ring (bicyclic) bond motifs is 1. The van der Waals surface area contributed by atoms with Crippen LogP contribution in [-0.2, 0) is 24.0 Å². The van der Waals surface area contributed by atoms with Crippen LogP contribution in [0.2, 0.25) is 0 Å². The number of likely N-dealkylation sites (tertiary alicyclic amines) is 1. The second kappa shape index (κ2) is 6.99. The summed E-state index contributed by atoms with van der Waals surface area (Å²) in [5, 5.41) is 0. The third-order valence-electron chi connectivity index (χ3n) is 5.49. The van der Waals surface area contributed by atoms with E-state index < -0.39 is 5.60 Å². The number of piperidine rings is 1. The van der Waals surface area contributed by atoms with Crippen LogP contribution < -0.4 is 5.73 Å². The van der Waals surface area contributed by atoms with Crippen molar-refractivity contribution < 1.29 is 9.53 Å². The van der Waals surface area contributed by atoms with Gasteiger partial charge in [-0.15, -0.1) is 0 Å². The molecule has 4 heteroatoms. The van der Waals surface area contributed by atoms with Crippen molar-refractivity contribution >= 4 is 6.09 Å². The van der Waals surface area contributed by atoms with Gasteiger partial charge in [0, 0.05) is 18.5 Å². The SMILES string of the molecule is CC(C)(C)OC(=O)N1CCCC(CN)(Cc2ccc3c(c2)CCC3)C1. The lowest BCUT2D eigenvalue weighted by Crippen LogP contribution is -2.51. The third kappa shape index (κ3) is 4.35. The standard InChI is InChI=1S/C21H32N2O2/c1-20(2,3)25-19(24)23-11-5-10-21(14-22,15-23)13-16-8-9-17-6-4-7-18(17)12-16/h8-9,12H,4-7,10-11,13-15,22H2,1-3H3. The Morgan fingerprint density at radius 1 is 1.24 bits per heavy atom. The minimum Gasteiger partial charge on any atom is -0.444 e. The average Bonchev–Trinajstić information content (AvgIpc) is 3.01. The van der Waals surface area contributed by atoms with Gasteiger partial charge in [0.25, 0.3) is 0 Å². The molecule has 2 aliphatic rings. The van der Waals surface area contributed by atoms with Crippen molar-refractivity contribution in [2.75, 3.05) is 19.6 Å². The summed E-state index contributed by atoms with van der Waals surface area (Å²) >= 11 is 0. The fourth-order valence-corrected chi connectivity index (χ4v) is 4.24. The number of rotatable bonds is 3. The molecule has 1 saturated heterocycles. The minimum atomic E-state index is -0.458. The Labute approximate surface area is 151 Å². The van der Waals surface area contributed by atoms with Crippen LogP contribution in [0.15, 0.2) is 18.2 Å². The number of carbonyl (C=O) groups is 1. The van der Waals surface area contributed by atoms with Gasteiger partial charge in [-0.3, -0.25) is 0 Å². The van der Waals surface area contributed by atoms with Gasteiger partial charge < -0.3 is 15.4 Å². The Kier molecular flexibility index (Phi) is 5.10. The van der Waals surface area contributed by atoms with Crippen LogP contribution >= 0.6 is 0 Å². The summed E-state index contributed by atoms with van der Waals surface area (Å²) in [5.41, 5.74) is 10.1. The molecule has 1 heterocycles. The lowest BCUT2D eigenvalue weighted by molar-refractivity contribution is 0.00532. The van der Waals surface area contributed by atoms with Gasteiger partial charge in [0.05, 0.1) is 0 Å². The molecule has 1 aromatic carbocycles. The summed E-state index contributed by atoms with van der Waals surface area (Å²) in [6.45, 7) is 7.79. The summed E-state index contributed by atoms with van der Waals surface area (Å²) in [5.74, 6) is 0. The molecule has 1 amide bonds. The first-order valence-electron chi connectivity index (χ1n) is 9.59. The summed E-state index contributed by atoms with van der Waals surface area (Å²) in [6.07, 6.45) is 6.47. The first kappa shape index (κ1) is 18.2. The molecule has 1 aromatic rings. The molecule has 2 N–H and O–H groups in total. The highest BCUT2D eigenvalue weighted by Gasteiger charge is 2.37. The number of nitrogens with two attached hydrogens (primary N) is 1. The number of aryl methyl sites for hydroxylation is 2. The molecular formula is C21H32N2O2. The molecule has 1 unspecified atom stereocenters. The first-order chi connectivity index (χ1) is 11.8. The number of benzene rings is 1. The van der Waals surface area contributed by atoms with Gasteiger partial charge >= 0.3 is 6.09 Å². The van der Waals surface area contributed by atoms with E-state index in [9.17, 15) is 4.79 Å². The van der Waals surface area contributed by atoms with Crippen LogP contribution in [0.5, 0.6) is 0 Å². The van der Waals surface area contributed by atoms with Gasteiger partial charge in [0.2, 0.25) is 0 Å². The van der Waals surface area contributed by atoms with E-state index in [1.165, 1.54) is 36.0 Å². The molecule has 1 fully saturated rings. The number of hydrogen-bond acceptors (Lipinski definition) is 3. The van der Waals surface area contributed by atoms with Gasteiger partial charge in [-0.2, -0.15) is 0 Å². The molecule has 1 aliphatic heterocycles. The monoisotopic (exact) mass is 344 g/mol. The predicted octanol–water partition coefficient (Wildman–Crippen LogP) is 3.69. The third-order valence-corrected chi connectivity index (χ3v) is 5.49. The molecule has 0 spiro atoms. The van der Waals surface area contributed by atoms with Gasteiger partial charge in [-0.05, 0) is 82.5 Å². The van der Waals surface area contributed by atoms with E-state index in [1.807, 2.05) is 25.7 Å². The molecule has 1 aliphatic carbocycles. The number of carbonyl (C=O) groups excluding carboxylic acids is 1. The first-order valence-corrected chi connectivity index (χ1v) is 9.59. The molecule has 1 atom stereocenters. The van der Waals surface area contributed by atoms with Crippen molar-refractivity contribution in [3.63, 3.8) is 0 Å². The van der Waals surface area contributed by atoms with Crippen molar-refractivity contribution in [2.45, 2.75) is 64.9 Å². The zero-order valence-electron chi connectivity index (χ0n) is 15.9. The van der Waals surface area contributed by atoms with Crippen LogP contribution in [0.25, 0.3) is 0 Å². The summed E-state index contributed by atoms with van der Waals surface area (Å²) in [7, 11) is 0. The summed E-state index contributed by atoms with van der Waals surface area (Å²) in [4.78, 5) is 14.3. The van der Waals surface area contributed by atoms with Crippen LogP contribution in [0, 0.1) is 5.41 Å². The predicted molar refractivity (Wildman–Crippen MR) is 101 cm³/mol. The van der Waals surface area contributed by atoms with E-state index in [4.69, 9.17) is 10.5 Å². The molecule has 0 saturated carbocycles. The van der Waals surface area contributed by atoms with Crippen LogP contribution in [0.4, 0.5) is 4.79 Å². The van der Waals surface area contributed by atoms with Gasteiger partial charge in [0.1, 0.15) is 5.60 Å². The highest BCUT2D eigenvalue weighted by molar-refractivity contribution is 5.68. The molecule has 0 bridgehead atoms. The number of nitrogens with zero attached hydrogens (tertiary/aromatic N) is 1.